The zero-order valence-corrected chi connectivity index (χ0v) is 23.5. The first-order valence-corrected chi connectivity index (χ1v) is 14.1. The van der Waals surface area contributed by atoms with E-state index in [0.29, 0.717) is 36.9 Å². The lowest BCUT2D eigenvalue weighted by molar-refractivity contribution is -0.140. The Bertz CT molecular complexity index is 1340. The Kier molecular flexibility index (Phi) is 7.78. The van der Waals surface area contributed by atoms with E-state index in [1.54, 1.807) is 29.2 Å². The van der Waals surface area contributed by atoms with Gasteiger partial charge >= 0.3 is 12.3 Å². The number of aromatic nitrogens is 1. The Balaban J connectivity index is 1.20. The molecule has 0 bridgehead atoms. The van der Waals surface area contributed by atoms with Crippen LogP contribution in [0, 0.1) is 0 Å². The smallest absolute Gasteiger partial charge is 0.433 e. The minimum atomic E-state index is -4.56. The number of rotatable bonds is 4. The van der Waals surface area contributed by atoms with Gasteiger partial charge in [0.1, 0.15) is 17.0 Å². The Labute approximate surface area is 236 Å². The number of para-hydroxylation sites is 1. The van der Waals surface area contributed by atoms with Crippen molar-refractivity contribution >= 4 is 34.3 Å². The van der Waals surface area contributed by atoms with E-state index in [1.165, 1.54) is 0 Å². The molecule has 1 aliphatic carbocycles. The molecular weight excluding hydrogens is 539 g/mol. The van der Waals surface area contributed by atoms with Crippen LogP contribution in [-0.2, 0) is 20.5 Å². The molecule has 0 radical (unpaired) electrons. The Morgan fingerprint density at radius 2 is 1.88 bits per heavy atom. The number of halogens is 3. The number of pyridine rings is 1. The summed E-state index contributed by atoms with van der Waals surface area (Å²) in [4.78, 5) is 36.9. The molecule has 2 aromatic rings. The second kappa shape index (κ2) is 11.0. The number of nitrogens with one attached hydrogen (secondary N) is 2. The third kappa shape index (κ3) is 6.84. The van der Waals surface area contributed by atoms with Crippen molar-refractivity contribution in [2.24, 2.45) is 5.16 Å². The fourth-order valence-corrected chi connectivity index (χ4v) is 5.82. The molecule has 1 aromatic carbocycles. The topological polar surface area (TPSA) is 105 Å². The van der Waals surface area contributed by atoms with Crippen molar-refractivity contribution in [2.75, 3.05) is 18.4 Å². The van der Waals surface area contributed by atoms with Crippen molar-refractivity contribution in [1.29, 1.82) is 0 Å². The van der Waals surface area contributed by atoms with E-state index in [2.05, 4.69) is 20.8 Å². The second-order valence-corrected chi connectivity index (χ2v) is 12.2. The number of anilines is 1. The summed E-state index contributed by atoms with van der Waals surface area (Å²) in [5.41, 5.74) is -1.38. The first-order chi connectivity index (χ1) is 19.3. The van der Waals surface area contributed by atoms with Gasteiger partial charge in [0.15, 0.2) is 5.60 Å². The van der Waals surface area contributed by atoms with Crippen molar-refractivity contribution in [3.05, 3.63) is 36.0 Å². The normalized spacial score (nSPS) is 25.0. The second-order valence-electron chi connectivity index (χ2n) is 12.2. The van der Waals surface area contributed by atoms with E-state index >= 15 is 0 Å². The molecule has 2 unspecified atom stereocenters. The van der Waals surface area contributed by atoms with Crippen LogP contribution in [-0.4, -0.2) is 64.0 Å². The van der Waals surface area contributed by atoms with Gasteiger partial charge in [-0.2, -0.15) is 13.2 Å². The molecule has 5 rings (SSSR count). The number of nitrogens with zero attached hydrogens (tertiary/aromatic N) is 3. The van der Waals surface area contributed by atoms with E-state index in [0.717, 1.165) is 25.3 Å². The molecule has 2 N–H and O–H groups in total. The maximum absolute atomic E-state index is 13.5. The number of ether oxygens (including phenoxy) is 1. The lowest BCUT2D eigenvalue weighted by Crippen LogP contribution is -2.52. The third-order valence-corrected chi connectivity index (χ3v) is 7.67. The van der Waals surface area contributed by atoms with Gasteiger partial charge in [-0.1, -0.05) is 23.4 Å². The van der Waals surface area contributed by atoms with Crippen LogP contribution in [0.3, 0.4) is 0 Å². The molecule has 1 spiro atoms. The average Bonchev–Trinajstić information content (AvgIpc) is 3.30. The first kappa shape index (κ1) is 28.9. The predicted octanol–water partition coefficient (Wildman–Crippen LogP) is 5.64. The largest absolute Gasteiger partial charge is 0.444 e. The minimum Gasteiger partial charge on any atom is -0.444 e. The molecule has 2 amide bonds. The molecule has 9 nitrogen and oxygen atoms in total. The van der Waals surface area contributed by atoms with Crippen LogP contribution >= 0.6 is 0 Å². The van der Waals surface area contributed by atoms with E-state index in [9.17, 15) is 22.8 Å². The van der Waals surface area contributed by atoms with Crippen molar-refractivity contribution in [2.45, 2.75) is 95.2 Å². The molecule has 1 saturated heterocycles. The van der Waals surface area contributed by atoms with Crippen molar-refractivity contribution in [3.63, 3.8) is 0 Å². The number of hydrogen-bond acceptors (Lipinski definition) is 7. The van der Waals surface area contributed by atoms with E-state index in [4.69, 9.17) is 9.57 Å². The molecule has 1 aromatic heterocycles. The van der Waals surface area contributed by atoms with E-state index in [-0.39, 0.29) is 42.2 Å². The van der Waals surface area contributed by atoms with Crippen LogP contribution in [0.1, 0.15) is 71.4 Å². The average molecular weight is 576 g/mol. The molecule has 3 heterocycles. The minimum absolute atomic E-state index is 0.130. The number of carbonyl (C=O) groups is 2. The van der Waals surface area contributed by atoms with Crippen molar-refractivity contribution < 1.29 is 32.3 Å². The number of hydrogen-bond donors (Lipinski definition) is 2. The highest BCUT2D eigenvalue weighted by Gasteiger charge is 2.46. The summed E-state index contributed by atoms with van der Waals surface area (Å²) in [7, 11) is 0. The maximum Gasteiger partial charge on any atom is 0.433 e. The number of benzene rings is 1. The number of fused-ring (bicyclic) bond motifs is 1. The van der Waals surface area contributed by atoms with Crippen LogP contribution in [0.25, 0.3) is 10.9 Å². The van der Waals surface area contributed by atoms with Gasteiger partial charge in [-0.15, -0.1) is 0 Å². The summed E-state index contributed by atoms with van der Waals surface area (Å²) in [5.74, 6) is -0.323. The van der Waals surface area contributed by atoms with Gasteiger partial charge in [0.25, 0.3) is 5.91 Å². The summed E-state index contributed by atoms with van der Waals surface area (Å²) < 4.78 is 46.0. The number of amides is 2. The molecule has 3 aliphatic rings. The number of oxime groups is 1. The highest BCUT2D eigenvalue weighted by atomic mass is 19.4. The van der Waals surface area contributed by atoms with Gasteiger partial charge < -0.3 is 25.1 Å². The van der Waals surface area contributed by atoms with Gasteiger partial charge in [0.05, 0.1) is 12.1 Å². The van der Waals surface area contributed by atoms with Crippen LogP contribution < -0.4 is 10.6 Å². The Morgan fingerprint density at radius 1 is 1.12 bits per heavy atom. The van der Waals surface area contributed by atoms with Crippen LogP contribution in [0.15, 0.2) is 35.5 Å². The molecule has 1 saturated carbocycles. The van der Waals surface area contributed by atoms with Gasteiger partial charge in [0, 0.05) is 36.1 Å². The van der Waals surface area contributed by atoms with E-state index in [1.807, 2.05) is 20.8 Å². The standard InChI is InChI=1S/C29H36F3N5O4/c1-27(2,3)40-26(39)37-13-7-12-28(17-37)16-23(36-41-28)25(38)34-19-9-6-8-18(14-19)33-22-15-24(29(30,31)32)35-21-11-5-4-10-20(21)22/h4-5,10-11,15,18-19H,6-9,12-14,16-17H2,1-3H3,(H,33,35)(H,34,38)/t18-,19?,28?/m0/s1. The summed E-state index contributed by atoms with van der Waals surface area (Å²) in [6.07, 6.45) is -0.448. The number of piperidine rings is 1. The number of carbonyl (C=O) groups excluding carboxylic acids is 2. The summed E-state index contributed by atoms with van der Waals surface area (Å²) >= 11 is 0. The molecule has 2 fully saturated rings. The SMILES string of the molecule is CC(C)(C)OC(=O)N1CCCC2(CC(C(=O)NC3CCC[C@H](Nc4cc(C(F)(F)F)nc5ccccc45)C3)=NO2)C1. The zero-order valence-electron chi connectivity index (χ0n) is 23.5. The quantitative estimate of drug-likeness (QED) is 0.489. The lowest BCUT2D eigenvalue weighted by Gasteiger charge is -2.38. The highest BCUT2D eigenvalue weighted by Crippen LogP contribution is 2.36. The van der Waals surface area contributed by atoms with Gasteiger partial charge in [0.2, 0.25) is 0 Å². The van der Waals surface area contributed by atoms with Crippen LogP contribution in [0.4, 0.5) is 23.7 Å². The van der Waals surface area contributed by atoms with Crippen LogP contribution in [0.2, 0.25) is 0 Å². The predicted molar refractivity (Wildman–Crippen MR) is 147 cm³/mol. The monoisotopic (exact) mass is 575 g/mol. The first-order valence-electron chi connectivity index (χ1n) is 14.1. The van der Waals surface area contributed by atoms with Gasteiger partial charge in [-0.25, -0.2) is 9.78 Å². The summed E-state index contributed by atoms with van der Waals surface area (Å²) in [5, 5.41) is 11.1. The van der Waals surface area contributed by atoms with Crippen LogP contribution in [0.5, 0.6) is 0 Å². The molecule has 41 heavy (non-hydrogen) atoms. The molecule has 12 heteroatoms. The van der Waals surface area contributed by atoms with E-state index < -0.39 is 29.2 Å². The molecule has 2 aliphatic heterocycles. The Morgan fingerprint density at radius 3 is 2.63 bits per heavy atom. The summed E-state index contributed by atoms with van der Waals surface area (Å²) in [6.45, 7) is 6.28. The molecule has 3 atom stereocenters. The highest BCUT2D eigenvalue weighted by molar-refractivity contribution is 6.39. The van der Waals surface area contributed by atoms with Crippen molar-refractivity contribution in [1.82, 2.24) is 15.2 Å². The fourth-order valence-electron chi connectivity index (χ4n) is 5.82. The maximum atomic E-state index is 13.5. The molecular formula is C29H36F3N5O4. The van der Waals surface area contributed by atoms with Crippen molar-refractivity contribution in [3.8, 4) is 0 Å². The number of likely N-dealkylation sites (tertiary alicyclic amines) is 1. The number of alkyl halides is 3. The Hall–Kier alpha value is -3.57. The van der Waals surface area contributed by atoms with Gasteiger partial charge in [-0.05, 0) is 71.4 Å². The summed E-state index contributed by atoms with van der Waals surface area (Å²) in [6, 6.07) is 7.49. The zero-order chi connectivity index (χ0) is 29.4. The van der Waals surface area contributed by atoms with Gasteiger partial charge in [-0.3, -0.25) is 4.79 Å². The molecule has 222 valence electrons. The fraction of sp³-hybridized carbons (Fsp3) is 0.586. The third-order valence-electron chi connectivity index (χ3n) is 7.67. The lowest BCUT2D eigenvalue weighted by atomic mass is 9.87.